The minimum atomic E-state index is -0.914. The molecule has 1 saturated carbocycles. The van der Waals surface area contributed by atoms with Gasteiger partial charge in [0.05, 0.1) is 0 Å². The lowest BCUT2D eigenvalue weighted by Crippen LogP contribution is -2.03. The van der Waals surface area contributed by atoms with E-state index in [1.54, 1.807) is 4.57 Å². The molecule has 94 valence electrons. The number of nitrogens with zero attached hydrogens (tertiary/aromatic N) is 3. The van der Waals surface area contributed by atoms with Gasteiger partial charge in [-0.2, -0.15) is 0 Å². The normalized spacial score (nSPS) is 15.1. The molecule has 0 unspecified atom stereocenters. The molecule has 18 heavy (non-hydrogen) atoms. The molecule has 1 fully saturated rings. The molecule has 6 heteroatoms. The quantitative estimate of drug-likeness (QED) is 0.908. The third kappa shape index (κ3) is 1.78. The molecule has 1 aliphatic carbocycles. The second-order valence-electron chi connectivity index (χ2n) is 4.33. The lowest BCUT2D eigenvalue weighted by Gasteiger charge is -2.07. The van der Waals surface area contributed by atoms with Gasteiger partial charge in [0.1, 0.15) is 6.61 Å². The van der Waals surface area contributed by atoms with Crippen LogP contribution >= 0.6 is 0 Å². The molecule has 3 rings (SSSR count). The number of hydrogen-bond donors (Lipinski definition) is 1. The second kappa shape index (κ2) is 4.13. The van der Waals surface area contributed by atoms with Gasteiger partial charge in [-0.05, 0) is 31.0 Å². The maximum Gasteiger partial charge on any atom is 0.164 e. The van der Waals surface area contributed by atoms with E-state index in [4.69, 9.17) is 0 Å². The van der Waals surface area contributed by atoms with Crippen LogP contribution in [0.2, 0.25) is 0 Å². The Morgan fingerprint density at radius 2 is 2.00 bits per heavy atom. The van der Waals surface area contributed by atoms with Crippen molar-refractivity contribution >= 4 is 0 Å². The van der Waals surface area contributed by atoms with Crippen LogP contribution < -0.4 is 0 Å². The zero-order valence-electron chi connectivity index (χ0n) is 9.48. The molecule has 2 aromatic rings. The van der Waals surface area contributed by atoms with Crippen molar-refractivity contribution < 1.29 is 13.9 Å². The largest absolute Gasteiger partial charge is 0.388 e. The molecule has 1 aromatic heterocycles. The van der Waals surface area contributed by atoms with Crippen LogP contribution in [0.4, 0.5) is 8.78 Å². The summed E-state index contributed by atoms with van der Waals surface area (Å²) in [7, 11) is 0. The Balaban J connectivity index is 2.10. The van der Waals surface area contributed by atoms with E-state index in [1.807, 2.05) is 0 Å². The topological polar surface area (TPSA) is 50.9 Å². The van der Waals surface area contributed by atoms with Crippen LogP contribution in [0.5, 0.6) is 0 Å². The first-order chi connectivity index (χ1) is 8.70. The molecule has 1 N–H and O–H groups in total. The van der Waals surface area contributed by atoms with Gasteiger partial charge in [-0.3, -0.25) is 0 Å². The van der Waals surface area contributed by atoms with E-state index in [0.29, 0.717) is 17.2 Å². The smallest absolute Gasteiger partial charge is 0.164 e. The van der Waals surface area contributed by atoms with Crippen LogP contribution in [0.1, 0.15) is 24.7 Å². The van der Waals surface area contributed by atoms with Crippen molar-refractivity contribution in [2.24, 2.45) is 0 Å². The van der Waals surface area contributed by atoms with E-state index < -0.39 is 11.6 Å². The molecule has 0 atom stereocenters. The van der Waals surface area contributed by atoms with Crippen LogP contribution in [0.3, 0.4) is 0 Å². The molecule has 0 aliphatic heterocycles. The first-order valence-corrected chi connectivity index (χ1v) is 5.70. The lowest BCUT2D eigenvalue weighted by atomic mass is 10.2. The molecule has 4 nitrogen and oxygen atoms in total. The number of aliphatic hydroxyl groups excluding tert-OH is 1. The van der Waals surface area contributed by atoms with Crippen molar-refractivity contribution in [2.75, 3.05) is 0 Å². The summed E-state index contributed by atoms with van der Waals surface area (Å²) < 4.78 is 27.9. The van der Waals surface area contributed by atoms with Crippen molar-refractivity contribution in [3.63, 3.8) is 0 Å². The highest BCUT2D eigenvalue weighted by atomic mass is 19.2. The molecule has 1 aromatic carbocycles. The van der Waals surface area contributed by atoms with E-state index in [0.717, 1.165) is 25.0 Å². The Morgan fingerprint density at radius 1 is 1.22 bits per heavy atom. The number of aliphatic hydroxyl groups is 1. The van der Waals surface area contributed by atoms with Gasteiger partial charge >= 0.3 is 0 Å². The van der Waals surface area contributed by atoms with Gasteiger partial charge in [0.25, 0.3) is 0 Å². The minimum absolute atomic E-state index is 0.215. The fraction of sp³-hybridized carbons (Fsp3) is 0.333. The number of rotatable bonds is 3. The Morgan fingerprint density at radius 3 is 2.61 bits per heavy atom. The highest BCUT2D eigenvalue weighted by Crippen LogP contribution is 2.39. The third-order valence-electron chi connectivity index (χ3n) is 3.00. The van der Waals surface area contributed by atoms with Crippen molar-refractivity contribution in [3.8, 4) is 11.4 Å². The molecule has 0 amide bonds. The first-order valence-electron chi connectivity index (χ1n) is 5.70. The van der Waals surface area contributed by atoms with Gasteiger partial charge < -0.3 is 9.67 Å². The van der Waals surface area contributed by atoms with Crippen LogP contribution in [0, 0.1) is 11.6 Å². The fourth-order valence-electron chi connectivity index (χ4n) is 1.98. The van der Waals surface area contributed by atoms with Gasteiger partial charge in [-0.1, -0.05) is 0 Å². The lowest BCUT2D eigenvalue weighted by molar-refractivity contribution is 0.265. The molecule has 0 saturated heterocycles. The monoisotopic (exact) mass is 251 g/mol. The van der Waals surface area contributed by atoms with E-state index in [1.165, 1.54) is 6.07 Å². The van der Waals surface area contributed by atoms with Crippen molar-refractivity contribution in [2.45, 2.75) is 25.5 Å². The summed E-state index contributed by atoms with van der Waals surface area (Å²) in [5.74, 6) is -0.875. The summed E-state index contributed by atoms with van der Waals surface area (Å²) in [6.45, 7) is -0.215. The third-order valence-corrected chi connectivity index (χ3v) is 3.00. The highest BCUT2D eigenvalue weighted by molar-refractivity contribution is 5.55. The Kier molecular flexibility index (Phi) is 2.59. The van der Waals surface area contributed by atoms with E-state index in [2.05, 4.69) is 10.2 Å². The Bertz CT molecular complexity index is 593. The van der Waals surface area contributed by atoms with Crippen molar-refractivity contribution in [3.05, 3.63) is 35.7 Å². The summed E-state index contributed by atoms with van der Waals surface area (Å²) in [4.78, 5) is 0. The van der Waals surface area contributed by atoms with Gasteiger partial charge in [0, 0.05) is 11.6 Å². The SMILES string of the molecule is OCc1nnc(-c2ccc(F)c(F)c2)n1C1CC1. The van der Waals surface area contributed by atoms with E-state index >= 15 is 0 Å². The van der Waals surface area contributed by atoms with E-state index in [9.17, 15) is 13.9 Å². The zero-order chi connectivity index (χ0) is 12.7. The van der Waals surface area contributed by atoms with Gasteiger partial charge in [-0.15, -0.1) is 10.2 Å². The maximum absolute atomic E-state index is 13.2. The van der Waals surface area contributed by atoms with Crippen molar-refractivity contribution in [1.29, 1.82) is 0 Å². The van der Waals surface area contributed by atoms with Gasteiger partial charge in [0.15, 0.2) is 23.3 Å². The summed E-state index contributed by atoms with van der Waals surface area (Å²) in [5, 5.41) is 17.0. The Hall–Kier alpha value is -1.82. The van der Waals surface area contributed by atoms with Crippen molar-refractivity contribution in [1.82, 2.24) is 14.8 Å². The predicted octanol–water partition coefficient (Wildman–Crippen LogP) is 2.05. The van der Waals surface area contributed by atoms with Crippen LogP contribution in [0.15, 0.2) is 18.2 Å². The van der Waals surface area contributed by atoms with E-state index in [-0.39, 0.29) is 12.6 Å². The molecular weight excluding hydrogens is 240 g/mol. The molecule has 0 spiro atoms. The average Bonchev–Trinajstić information content (AvgIpc) is 3.12. The molecule has 1 heterocycles. The second-order valence-corrected chi connectivity index (χ2v) is 4.33. The summed E-state index contributed by atoms with van der Waals surface area (Å²) in [5.41, 5.74) is 0.466. The van der Waals surface area contributed by atoms with Gasteiger partial charge in [0.2, 0.25) is 0 Å². The maximum atomic E-state index is 13.2. The standard InChI is InChI=1S/C12H11F2N3O/c13-9-4-1-7(5-10(9)14)12-16-15-11(6-18)17(12)8-2-3-8/h1,4-5,8,18H,2-3,6H2. The molecule has 0 radical (unpaired) electrons. The molecule has 0 bridgehead atoms. The summed E-state index contributed by atoms with van der Waals surface area (Å²) in [6.07, 6.45) is 1.98. The first kappa shape index (κ1) is 11.3. The number of halogens is 2. The van der Waals surface area contributed by atoms with Crippen LogP contribution in [0.25, 0.3) is 11.4 Å². The minimum Gasteiger partial charge on any atom is -0.388 e. The average molecular weight is 251 g/mol. The summed E-state index contributed by atoms with van der Waals surface area (Å²) in [6, 6.07) is 3.88. The van der Waals surface area contributed by atoms with Crippen LogP contribution in [-0.2, 0) is 6.61 Å². The molecule has 1 aliphatic rings. The summed E-state index contributed by atoms with van der Waals surface area (Å²) >= 11 is 0. The Labute approximate surface area is 102 Å². The fourth-order valence-corrected chi connectivity index (χ4v) is 1.98. The number of aromatic nitrogens is 3. The van der Waals surface area contributed by atoms with Gasteiger partial charge in [-0.25, -0.2) is 8.78 Å². The number of hydrogen-bond acceptors (Lipinski definition) is 3. The highest BCUT2D eigenvalue weighted by Gasteiger charge is 2.29. The zero-order valence-corrected chi connectivity index (χ0v) is 9.48. The predicted molar refractivity (Wildman–Crippen MR) is 59.6 cm³/mol. The molecular formula is C12H11F2N3O. The number of benzene rings is 1. The van der Waals surface area contributed by atoms with Crippen LogP contribution in [-0.4, -0.2) is 19.9 Å².